The summed E-state index contributed by atoms with van der Waals surface area (Å²) < 4.78 is 0. The van der Waals surface area contributed by atoms with Crippen LogP contribution in [0.25, 0.3) is 11.3 Å². The lowest BCUT2D eigenvalue weighted by atomic mass is 9.96. The van der Waals surface area contributed by atoms with Crippen molar-refractivity contribution in [2.45, 2.75) is 20.4 Å². The summed E-state index contributed by atoms with van der Waals surface area (Å²) in [7, 11) is 0. The van der Waals surface area contributed by atoms with Crippen molar-refractivity contribution in [3.05, 3.63) is 36.3 Å². The molecular weight excluding hydrogens is 238 g/mol. The molecule has 19 heavy (non-hydrogen) atoms. The fourth-order valence-electron chi connectivity index (χ4n) is 1.75. The molecule has 98 valence electrons. The molecule has 0 bridgehead atoms. The average Bonchev–Trinajstić information content (AvgIpc) is 2.88. The maximum atomic E-state index is 8.97. The quantitative estimate of drug-likeness (QED) is 0.857. The van der Waals surface area contributed by atoms with Gasteiger partial charge in [0, 0.05) is 36.6 Å². The van der Waals surface area contributed by atoms with Gasteiger partial charge in [-0.05, 0) is 26.0 Å². The van der Waals surface area contributed by atoms with Crippen LogP contribution in [0.4, 0.5) is 0 Å². The van der Waals surface area contributed by atoms with E-state index in [-0.39, 0.29) is 5.41 Å². The normalized spacial score (nSPS) is 11.2. The van der Waals surface area contributed by atoms with Gasteiger partial charge in [0.05, 0.1) is 23.4 Å². The van der Waals surface area contributed by atoms with Crippen LogP contribution >= 0.6 is 0 Å². The van der Waals surface area contributed by atoms with E-state index in [9.17, 15) is 0 Å². The number of hydrogen-bond acceptors (Lipinski definition) is 4. The van der Waals surface area contributed by atoms with Gasteiger partial charge in [-0.25, -0.2) is 0 Å². The van der Waals surface area contributed by atoms with Crippen LogP contribution in [-0.4, -0.2) is 21.7 Å². The molecule has 2 aromatic heterocycles. The van der Waals surface area contributed by atoms with Gasteiger partial charge < -0.3 is 5.32 Å². The number of nitrogens with one attached hydrogen (secondary N) is 2. The second-order valence-electron chi connectivity index (χ2n) is 5.11. The Morgan fingerprint density at radius 3 is 2.95 bits per heavy atom. The van der Waals surface area contributed by atoms with Crippen LogP contribution in [0, 0.1) is 16.7 Å². The Hall–Kier alpha value is -2.19. The maximum Gasteiger partial charge on any atom is 0.0710 e. The van der Waals surface area contributed by atoms with Gasteiger partial charge >= 0.3 is 0 Å². The van der Waals surface area contributed by atoms with E-state index in [2.05, 4.69) is 26.6 Å². The number of aromatic amines is 1. The van der Waals surface area contributed by atoms with Gasteiger partial charge in [-0.3, -0.25) is 10.1 Å². The summed E-state index contributed by atoms with van der Waals surface area (Å²) >= 11 is 0. The largest absolute Gasteiger partial charge is 0.311 e. The van der Waals surface area contributed by atoms with Crippen molar-refractivity contribution in [3.63, 3.8) is 0 Å². The van der Waals surface area contributed by atoms with Crippen LogP contribution in [0.3, 0.4) is 0 Å². The molecule has 0 aliphatic heterocycles. The Morgan fingerprint density at radius 2 is 2.26 bits per heavy atom. The number of nitriles is 1. The minimum absolute atomic E-state index is 0.363. The van der Waals surface area contributed by atoms with Crippen LogP contribution in [-0.2, 0) is 6.54 Å². The number of pyridine rings is 1. The van der Waals surface area contributed by atoms with Crippen molar-refractivity contribution in [2.75, 3.05) is 6.54 Å². The fourth-order valence-corrected chi connectivity index (χ4v) is 1.75. The summed E-state index contributed by atoms with van der Waals surface area (Å²) in [6, 6.07) is 6.16. The number of nitrogens with zero attached hydrogens (tertiary/aromatic N) is 3. The predicted molar refractivity (Wildman–Crippen MR) is 72.9 cm³/mol. The van der Waals surface area contributed by atoms with E-state index in [1.807, 2.05) is 26.0 Å². The van der Waals surface area contributed by atoms with Crippen molar-refractivity contribution >= 4 is 0 Å². The molecule has 0 unspecified atom stereocenters. The molecular formula is C14H17N5. The SMILES string of the molecule is CC(C)(C#N)CNCc1cn[nH]c1-c1cccnc1. The van der Waals surface area contributed by atoms with Crippen LogP contribution in [0.2, 0.25) is 0 Å². The van der Waals surface area contributed by atoms with Gasteiger partial charge in [0.2, 0.25) is 0 Å². The maximum absolute atomic E-state index is 8.97. The highest BCUT2D eigenvalue weighted by Crippen LogP contribution is 2.20. The van der Waals surface area contributed by atoms with Crippen molar-refractivity contribution in [3.8, 4) is 17.3 Å². The van der Waals surface area contributed by atoms with Crippen LogP contribution in [0.5, 0.6) is 0 Å². The van der Waals surface area contributed by atoms with Gasteiger partial charge in [-0.2, -0.15) is 10.4 Å². The Balaban J connectivity index is 2.04. The van der Waals surface area contributed by atoms with E-state index < -0.39 is 0 Å². The Morgan fingerprint density at radius 1 is 1.42 bits per heavy atom. The van der Waals surface area contributed by atoms with Crippen molar-refractivity contribution in [1.82, 2.24) is 20.5 Å². The van der Waals surface area contributed by atoms with Gasteiger partial charge in [0.15, 0.2) is 0 Å². The molecule has 0 aromatic carbocycles. The Labute approximate surface area is 112 Å². The molecule has 0 spiro atoms. The van der Waals surface area contributed by atoms with Crippen molar-refractivity contribution < 1.29 is 0 Å². The number of H-pyrrole nitrogens is 1. The smallest absolute Gasteiger partial charge is 0.0710 e. The molecule has 2 N–H and O–H groups in total. The lowest BCUT2D eigenvalue weighted by Crippen LogP contribution is -2.27. The summed E-state index contributed by atoms with van der Waals surface area (Å²) in [5.41, 5.74) is 2.69. The first kappa shape index (κ1) is 13.2. The molecule has 0 atom stereocenters. The summed E-state index contributed by atoms with van der Waals surface area (Å²) in [4.78, 5) is 4.10. The fraction of sp³-hybridized carbons (Fsp3) is 0.357. The predicted octanol–water partition coefficient (Wildman–Crippen LogP) is 2.11. The van der Waals surface area contributed by atoms with E-state index in [0.717, 1.165) is 16.8 Å². The first-order valence-electron chi connectivity index (χ1n) is 6.17. The molecule has 0 amide bonds. The third kappa shape index (κ3) is 3.39. The van der Waals surface area contributed by atoms with Gasteiger partial charge in [0.25, 0.3) is 0 Å². The zero-order chi connectivity index (χ0) is 13.7. The lowest BCUT2D eigenvalue weighted by Gasteiger charge is -2.15. The van der Waals surface area contributed by atoms with E-state index in [1.165, 1.54) is 0 Å². The summed E-state index contributed by atoms with van der Waals surface area (Å²) in [6.45, 7) is 5.14. The third-order valence-corrected chi connectivity index (χ3v) is 2.85. The van der Waals surface area contributed by atoms with Crippen molar-refractivity contribution in [2.24, 2.45) is 5.41 Å². The molecule has 0 radical (unpaired) electrons. The third-order valence-electron chi connectivity index (χ3n) is 2.85. The summed E-state index contributed by atoms with van der Waals surface area (Å²) in [5.74, 6) is 0. The first-order chi connectivity index (χ1) is 9.12. The monoisotopic (exact) mass is 255 g/mol. The Bertz CT molecular complexity index is 565. The zero-order valence-corrected chi connectivity index (χ0v) is 11.1. The van der Waals surface area contributed by atoms with E-state index >= 15 is 0 Å². The Kier molecular flexibility index (Phi) is 3.93. The highest BCUT2D eigenvalue weighted by molar-refractivity contribution is 5.61. The zero-order valence-electron chi connectivity index (χ0n) is 11.1. The molecule has 0 fully saturated rings. The summed E-state index contributed by atoms with van der Waals surface area (Å²) in [5, 5.41) is 19.3. The average molecular weight is 255 g/mol. The molecule has 0 aliphatic carbocycles. The molecule has 5 heteroatoms. The molecule has 0 saturated carbocycles. The topological polar surface area (TPSA) is 77.4 Å². The van der Waals surface area contributed by atoms with Gasteiger partial charge in [-0.1, -0.05) is 0 Å². The lowest BCUT2D eigenvalue weighted by molar-refractivity contribution is 0.445. The highest BCUT2D eigenvalue weighted by Gasteiger charge is 2.16. The van der Waals surface area contributed by atoms with E-state index in [1.54, 1.807) is 18.6 Å². The van der Waals surface area contributed by atoms with E-state index in [4.69, 9.17) is 5.26 Å². The van der Waals surface area contributed by atoms with Gasteiger partial charge in [-0.15, -0.1) is 0 Å². The molecule has 2 rings (SSSR count). The molecule has 5 nitrogen and oxygen atoms in total. The molecule has 2 heterocycles. The summed E-state index contributed by atoms with van der Waals surface area (Å²) in [6.07, 6.45) is 5.35. The standard InChI is InChI=1S/C14H17N5/c1-14(2,9-15)10-17-7-12-8-18-19-13(12)11-4-3-5-16-6-11/h3-6,8,17H,7,10H2,1-2H3,(H,18,19). The van der Waals surface area contributed by atoms with Gasteiger partial charge in [0.1, 0.15) is 0 Å². The highest BCUT2D eigenvalue weighted by atomic mass is 15.1. The van der Waals surface area contributed by atoms with Crippen LogP contribution < -0.4 is 5.32 Å². The number of aromatic nitrogens is 3. The number of rotatable bonds is 5. The molecule has 0 aliphatic rings. The second kappa shape index (κ2) is 5.63. The van der Waals surface area contributed by atoms with E-state index in [0.29, 0.717) is 13.1 Å². The van der Waals surface area contributed by atoms with Crippen molar-refractivity contribution in [1.29, 1.82) is 5.26 Å². The minimum atomic E-state index is -0.363. The molecule has 0 saturated heterocycles. The van der Waals surface area contributed by atoms with Crippen LogP contribution in [0.15, 0.2) is 30.7 Å². The first-order valence-corrected chi connectivity index (χ1v) is 6.17. The molecule has 2 aromatic rings. The van der Waals surface area contributed by atoms with Crippen LogP contribution in [0.1, 0.15) is 19.4 Å². The minimum Gasteiger partial charge on any atom is -0.311 e. The number of hydrogen-bond donors (Lipinski definition) is 2. The second-order valence-corrected chi connectivity index (χ2v) is 5.11.